The lowest BCUT2D eigenvalue weighted by atomic mass is 9.98. The lowest BCUT2D eigenvalue weighted by Crippen LogP contribution is -2.50. The molecule has 8 nitrogen and oxygen atoms in total. The van der Waals surface area contributed by atoms with Crippen molar-refractivity contribution in [2.75, 3.05) is 31.9 Å². The molecule has 2 N–H and O–H groups in total. The number of pyridine rings is 1. The number of ether oxygens (including phenoxy) is 1. The van der Waals surface area contributed by atoms with Gasteiger partial charge in [-0.1, -0.05) is 24.4 Å². The van der Waals surface area contributed by atoms with Gasteiger partial charge in [0.05, 0.1) is 5.69 Å². The molecule has 2 fully saturated rings. The predicted octanol–water partition coefficient (Wildman–Crippen LogP) is 6.32. The van der Waals surface area contributed by atoms with E-state index in [-0.39, 0.29) is 12.1 Å². The van der Waals surface area contributed by atoms with Crippen molar-refractivity contribution < 1.29 is 9.53 Å². The number of anilines is 1. The zero-order chi connectivity index (χ0) is 30.9. The summed E-state index contributed by atoms with van der Waals surface area (Å²) < 4.78 is 7.71. The maximum Gasteiger partial charge on any atom is 0.410 e. The Bertz CT molecular complexity index is 1480. The van der Waals surface area contributed by atoms with E-state index in [1.165, 1.54) is 29.7 Å². The molecule has 5 rings (SSSR count). The molecule has 0 spiro atoms. The topological polar surface area (TPSA) is 89.5 Å². The third-order valence-corrected chi connectivity index (χ3v) is 8.84. The molecule has 3 heterocycles. The van der Waals surface area contributed by atoms with Crippen molar-refractivity contribution in [3.05, 3.63) is 64.7 Å². The molecule has 1 amide bonds. The smallest absolute Gasteiger partial charge is 0.410 e. The molecule has 1 aliphatic heterocycles. The molecular weight excluding hydrogens is 556 g/mol. The second-order valence-corrected chi connectivity index (χ2v) is 13.8. The third-order valence-electron chi connectivity index (χ3n) is 8.55. The fraction of sp³-hybridized carbons (Fsp3) is 0.529. The number of rotatable bonds is 9. The number of thiocarbonyl (C=S) groups is 1. The van der Waals surface area contributed by atoms with Gasteiger partial charge in [0.2, 0.25) is 0 Å². The first-order valence-corrected chi connectivity index (χ1v) is 15.9. The van der Waals surface area contributed by atoms with E-state index in [2.05, 4.69) is 65.7 Å². The van der Waals surface area contributed by atoms with Gasteiger partial charge >= 0.3 is 6.09 Å². The number of aromatic nitrogens is 3. The Kier molecular flexibility index (Phi) is 9.23. The number of amides is 1. The zero-order valence-electron chi connectivity index (χ0n) is 26.5. The zero-order valence-corrected chi connectivity index (χ0v) is 27.3. The van der Waals surface area contributed by atoms with Crippen LogP contribution in [0.5, 0.6) is 0 Å². The Hall–Kier alpha value is -3.30. The first-order chi connectivity index (χ1) is 20.4. The molecule has 3 aromatic rings. The van der Waals surface area contributed by atoms with Crippen LogP contribution in [-0.4, -0.2) is 67.3 Å². The van der Waals surface area contributed by atoms with Crippen LogP contribution in [0.15, 0.2) is 36.5 Å². The molecular formula is C34H46N6O2S. The molecule has 0 bridgehead atoms. The summed E-state index contributed by atoms with van der Waals surface area (Å²) in [5.41, 5.74) is 14.6. The van der Waals surface area contributed by atoms with Crippen LogP contribution in [0.2, 0.25) is 0 Å². The van der Waals surface area contributed by atoms with Gasteiger partial charge in [-0.3, -0.25) is 14.6 Å². The van der Waals surface area contributed by atoms with Crippen LogP contribution in [0.1, 0.15) is 74.8 Å². The van der Waals surface area contributed by atoms with Gasteiger partial charge in [0.25, 0.3) is 0 Å². The number of carbonyl (C=O) groups is 1. The standard InChI is InChI=1S/C34H46N6O2S/c1-22-32(24(3)40(37-22)21-25-7-8-25)28-10-9-27(31(35)19-28)18-30(43)20-29-17-26(11-12-36-29)23(2)38-13-15-39(16-14-38)33(41)42-34(4,5)6/h9-12,17,19,23,25H,7-8,13-16,18,20-21,35H2,1-6H3. The van der Waals surface area contributed by atoms with Crippen molar-refractivity contribution in [1.82, 2.24) is 24.6 Å². The summed E-state index contributed by atoms with van der Waals surface area (Å²) >= 11 is 5.84. The van der Waals surface area contributed by atoms with E-state index >= 15 is 0 Å². The van der Waals surface area contributed by atoms with Crippen molar-refractivity contribution in [2.45, 2.75) is 85.4 Å². The summed E-state index contributed by atoms with van der Waals surface area (Å²) in [7, 11) is 0. The largest absolute Gasteiger partial charge is 0.444 e. The fourth-order valence-electron chi connectivity index (χ4n) is 5.91. The minimum Gasteiger partial charge on any atom is -0.444 e. The van der Waals surface area contributed by atoms with Crippen molar-refractivity contribution >= 4 is 28.9 Å². The minimum atomic E-state index is -0.483. The van der Waals surface area contributed by atoms with Crippen molar-refractivity contribution in [3.8, 4) is 11.1 Å². The molecule has 230 valence electrons. The van der Waals surface area contributed by atoms with Crippen molar-refractivity contribution in [3.63, 3.8) is 0 Å². The van der Waals surface area contributed by atoms with Crippen LogP contribution in [0.4, 0.5) is 10.5 Å². The lowest BCUT2D eigenvalue weighted by Gasteiger charge is -2.38. The highest BCUT2D eigenvalue weighted by atomic mass is 32.1. The summed E-state index contributed by atoms with van der Waals surface area (Å²) in [6.45, 7) is 16.1. The summed E-state index contributed by atoms with van der Waals surface area (Å²) in [6, 6.07) is 10.8. The third kappa shape index (κ3) is 7.81. The highest BCUT2D eigenvalue weighted by molar-refractivity contribution is 7.80. The number of nitrogens with two attached hydrogens (primary N) is 1. The van der Waals surface area contributed by atoms with E-state index < -0.39 is 5.60 Å². The van der Waals surface area contributed by atoms with E-state index in [4.69, 9.17) is 27.8 Å². The Morgan fingerprint density at radius 2 is 1.81 bits per heavy atom. The number of hydrogen-bond acceptors (Lipinski definition) is 7. The quantitative estimate of drug-likeness (QED) is 0.226. The normalized spacial score (nSPS) is 16.7. The highest BCUT2D eigenvalue weighted by Crippen LogP contribution is 2.34. The number of hydrogen-bond donors (Lipinski definition) is 1. The van der Waals surface area contributed by atoms with Gasteiger partial charge < -0.3 is 15.4 Å². The lowest BCUT2D eigenvalue weighted by molar-refractivity contribution is 0.0110. The summed E-state index contributed by atoms with van der Waals surface area (Å²) in [4.78, 5) is 22.2. The maximum atomic E-state index is 12.5. The van der Waals surface area contributed by atoms with E-state index in [0.717, 1.165) is 58.6 Å². The molecule has 0 radical (unpaired) electrons. The van der Waals surface area contributed by atoms with Gasteiger partial charge in [-0.2, -0.15) is 5.10 Å². The number of carbonyl (C=O) groups excluding carboxylic acids is 1. The molecule has 1 aromatic carbocycles. The van der Waals surface area contributed by atoms with Crippen LogP contribution in [0.25, 0.3) is 11.1 Å². The van der Waals surface area contributed by atoms with Crippen LogP contribution in [-0.2, 0) is 24.1 Å². The molecule has 1 unspecified atom stereocenters. The fourth-order valence-corrected chi connectivity index (χ4v) is 6.21. The number of piperazine rings is 1. The number of nitrogen functional groups attached to an aromatic ring is 1. The molecule has 2 aliphatic rings. The molecule has 1 saturated heterocycles. The summed E-state index contributed by atoms with van der Waals surface area (Å²) in [5, 5.41) is 4.81. The first kappa shape index (κ1) is 31.1. The van der Waals surface area contributed by atoms with Gasteiger partial charge in [0.1, 0.15) is 5.60 Å². The van der Waals surface area contributed by atoms with Gasteiger partial charge in [-0.05, 0) is 95.2 Å². The van der Waals surface area contributed by atoms with Gasteiger partial charge in [0, 0.05) is 85.3 Å². The molecule has 43 heavy (non-hydrogen) atoms. The number of benzene rings is 1. The number of nitrogens with zero attached hydrogens (tertiary/aromatic N) is 5. The Morgan fingerprint density at radius 3 is 2.47 bits per heavy atom. The van der Waals surface area contributed by atoms with E-state index in [9.17, 15) is 4.79 Å². The maximum absolute atomic E-state index is 12.5. The van der Waals surface area contributed by atoms with Gasteiger partial charge in [-0.25, -0.2) is 4.79 Å². The monoisotopic (exact) mass is 602 g/mol. The van der Waals surface area contributed by atoms with Crippen molar-refractivity contribution in [2.24, 2.45) is 5.92 Å². The van der Waals surface area contributed by atoms with Gasteiger partial charge in [0.15, 0.2) is 0 Å². The summed E-state index contributed by atoms with van der Waals surface area (Å²) in [6.07, 6.45) is 5.51. The Morgan fingerprint density at radius 1 is 1.09 bits per heavy atom. The Labute approximate surface area is 261 Å². The van der Waals surface area contributed by atoms with Gasteiger partial charge in [-0.15, -0.1) is 0 Å². The Balaban J connectivity index is 1.18. The molecule has 1 atom stereocenters. The average Bonchev–Trinajstić information content (AvgIpc) is 3.72. The average molecular weight is 603 g/mol. The number of aryl methyl sites for hydroxylation is 1. The van der Waals surface area contributed by atoms with E-state index in [0.29, 0.717) is 25.9 Å². The van der Waals surface area contributed by atoms with Crippen LogP contribution >= 0.6 is 12.2 Å². The second kappa shape index (κ2) is 12.7. The van der Waals surface area contributed by atoms with Crippen LogP contribution in [0.3, 0.4) is 0 Å². The molecule has 9 heteroatoms. The van der Waals surface area contributed by atoms with Crippen LogP contribution in [0, 0.1) is 19.8 Å². The molecule has 2 aromatic heterocycles. The summed E-state index contributed by atoms with van der Waals surface area (Å²) in [5.74, 6) is 0.777. The van der Waals surface area contributed by atoms with Crippen LogP contribution < -0.4 is 5.73 Å². The predicted molar refractivity (Wildman–Crippen MR) is 176 cm³/mol. The van der Waals surface area contributed by atoms with E-state index in [1.807, 2.05) is 27.0 Å². The minimum absolute atomic E-state index is 0.208. The first-order valence-electron chi connectivity index (χ1n) is 15.5. The molecule has 1 saturated carbocycles. The van der Waals surface area contributed by atoms with Crippen molar-refractivity contribution in [1.29, 1.82) is 0 Å². The SMILES string of the molecule is Cc1nn(CC2CC2)c(C)c1-c1ccc(CC(=S)Cc2cc(C(C)N3CCN(C(=O)OC(C)(C)C)CC3)ccn2)c(N)c1. The highest BCUT2D eigenvalue weighted by Gasteiger charge is 2.28. The molecule has 1 aliphatic carbocycles. The van der Waals surface area contributed by atoms with E-state index in [1.54, 1.807) is 4.90 Å². The second-order valence-electron chi connectivity index (χ2n) is 13.2.